The first-order valence-corrected chi connectivity index (χ1v) is 8.92. The van der Waals surface area contributed by atoms with Crippen molar-refractivity contribution < 1.29 is 23.9 Å². The van der Waals surface area contributed by atoms with E-state index < -0.39 is 11.9 Å². The maximum Gasteiger partial charge on any atom is 0.325 e. The number of carbonyl (C=O) groups is 3. The number of methoxy groups -OCH3 is 1. The van der Waals surface area contributed by atoms with Gasteiger partial charge in [-0.25, -0.2) is 0 Å². The minimum absolute atomic E-state index is 0.129. The molecule has 7 heteroatoms. The third kappa shape index (κ3) is 7.11. The topological polar surface area (TPSA) is 93.7 Å². The smallest absolute Gasteiger partial charge is 0.325 e. The number of amides is 2. The lowest BCUT2D eigenvalue weighted by atomic mass is 10.2. The average molecular weight is 384 g/mol. The van der Waals surface area contributed by atoms with Crippen LogP contribution >= 0.6 is 0 Å². The Morgan fingerprint density at radius 2 is 1.79 bits per heavy atom. The summed E-state index contributed by atoms with van der Waals surface area (Å²) in [7, 11) is 1.25. The molecule has 0 unspecified atom stereocenters. The van der Waals surface area contributed by atoms with Crippen LogP contribution in [0.15, 0.2) is 48.5 Å². The molecule has 2 amide bonds. The quantitative estimate of drug-likeness (QED) is 0.512. The molecule has 28 heavy (non-hydrogen) atoms. The molecule has 7 nitrogen and oxygen atoms in total. The van der Waals surface area contributed by atoms with Gasteiger partial charge in [-0.3, -0.25) is 14.4 Å². The second-order valence-electron chi connectivity index (χ2n) is 6.15. The molecule has 0 atom stereocenters. The molecule has 0 saturated heterocycles. The van der Waals surface area contributed by atoms with E-state index in [0.29, 0.717) is 30.7 Å². The lowest BCUT2D eigenvalue weighted by Gasteiger charge is -2.08. The molecule has 0 heterocycles. The van der Waals surface area contributed by atoms with Gasteiger partial charge in [-0.2, -0.15) is 0 Å². The number of rotatable bonds is 9. The zero-order chi connectivity index (χ0) is 20.4. The zero-order valence-corrected chi connectivity index (χ0v) is 16.0. The Morgan fingerprint density at radius 1 is 1.04 bits per heavy atom. The van der Waals surface area contributed by atoms with Crippen LogP contribution in [0.25, 0.3) is 0 Å². The van der Waals surface area contributed by atoms with Crippen LogP contribution < -0.4 is 15.4 Å². The van der Waals surface area contributed by atoms with Crippen molar-refractivity contribution in [2.24, 2.45) is 0 Å². The van der Waals surface area contributed by atoms with Crippen molar-refractivity contribution in [2.45, 2.75) is 19.8 Å². The van der Waals surface area contributed by atoms with Gasteiger partial charge in [0.05, 0.1) is 13.7 Å². The van der Waals surface area contributed by atoms with E-state index in [1.54, 1.807) is 24.3 Å². The van der Waals surface area contributed by atoms with Crippen molar-refractivity contribution in [1.82, 2.24) is 5.32 Å². The molecule has 0 spiro atoms. The summed E-state index contributed by atoms with van der Waals surface area (Å²) in [5, 5.41) is 5.22. The Balaban J connectivity index is 1.71. The number of nitrogens with one attached hydrogen (secondary N) is 2. The minimum Gasteiger partial charge on any atom is -0.494 e. The number of hydrogen-bond acceptors (Lipinski definition) is 5. The Bertz CT molecular complexity index is 818. The van der Waals surface area contributed by atoms with Gasteiger partial charge in [0.2, 0.25) is 5.91 Å². The maximum absolute atomic E-state index is 12.0. The second kappa shape index (κ2) is 10.7. The lowest BCUT2D eigenvalue weighted by molar-refractivity contribution is -0.139. The fraction of sp³-hybridized carbons (Fsp3) is 0.286. The highest BCUT2D eigenvalue weighted by atomic mass is 16.5. The van der Waals surface area contributed by atoms with E-state index in [1.165, 1.54) is 7.11 Å². The van der Waals surface area contributed by atoms with E-state index in [9.17, 15) is 14.4 Å². The summed E-state index contributed by atoms with van der Waals surface area (Å²) in [4.78, 5) is 34.9. The number of anilines is 1. The number of hydrogen-bond donors (Lipinski definition) is 2. The van der Waals surface area contributed by atoms with Gasteiger partial charge in [-0.05, 0) is 55.3 Å². The number of esters is 1. The lowest BCUT2D eigenvalue weighted by Crippen LogP contribution is -2.30. The highest BCUT2D eigenvalue weighted by Gasteiger charge is 2.09. The Morgan fingerprint density at radius 3 is 2.46 bits per heavy atom. The summed E-state index contributed by atoms with van der Waals surface area (Å²) in [6, 6.07) is 14.2. The fourth-order valence-corrected chi connectivity index (χ4v) is 2.38. The van der Waals surface area contributed by atoms with Gasteiger partial charge in [0, 0.05) is 17.7 Å². The van der Waals surface area contributed by atoms with Crippen LogP contribution in [0.3, 0.4) is 0 Å². The van der Waals surface area contributed by atoms with E-state index in [1.807, 2.05) is 31.2 Å². The zero-order valence-electron chi connectivity index (χ0n) is 16.0. The van der Waals surface area contributed by atoms with Gasteiger partial charge in [0.25, 0.3) is 5.91 Å². The van der Waals surface area contributed by atoms with Crippen molar-refractivity contribution in [3.8, 4) is 5.75 Å². The summed E-state index contributed by atoms with van der Waals surface area (Å²) >= 11 is 0. The second-order valence-corrected chi connectivity index (χ2v) is 6.15. The van der Waals surface area contributed by atoms with E-state index >= 15 is 0 Å². The monoisotopic (exact) mass is 384 g/mol. The van der Waals surface area contributed by atoms with Gasteiger partial charge in [-0.15, -0.1) is 0 Å². The molecule has 2 aromatic rings. The first-order valence-electron chi connectivity index (χ1n) is 8.92. The summed E-state index contributed by atoms with van der Waals surface area (Å²) in [6.45, 7) is 2.25. The van der Waals surface area contributed by atoms with Gasteiger partial charge in [0.15, 0.2) is 0 Å². The summed E-state index contributed by atoms with van der Waals surface area (Å²) < 4.78 is 10.1. The molecule has 0 saturated carbocycles. The van der Waals surface area contributed by atoms with Crippen molar-refractivity contribution in [3.63, 3.8) is 0 Å². The van der Waals surface area contributed by atoms with Crippen molar-refractivity contribution >= 4 is 23.5 Å². The van der Waals surface area contributed by atoms with Gasteiger partial charge in [0.1, 0.15) is 12.3 Å². The van der Waals surface area contributed by atoms with Gasteiger partial charge >= 0.3 is 5.97 Å². The maximum atomic E-state index is 12.0. The van der Waals surface area contributed by atoms with Crippen molar-refractivity contribution in [1.29, 1.82) is 0 Å². The van der Waals surface area contributed by atoms with Crippen molar-refractivity contribution in [2.75, 3.05) is 25.6 Å². The average Bonchev–Trinajstić information content (AvgIpc) is 2.69. The predicted octanol–water partition coefficient (Wildman–Crippen LogP) is 2.70. The van der Waals surface area contributed by atoms with Crippen LogP contribution in [0.2, 0.25) is 0 Å². The third-order valence-corrected chi connectivity index (χ3v) is 3.86. The molecule has 2 N–H and O–H groups in total. The van der Waals surface area contributed by atoms with Crippen LogP contribution in [0.5, 0.6) is 5.75 Å². The molecule has 2 rings (SSSR count). The first-order chi connectivity index (χ1) is 13.5. The molecule has 0 aliphatic carbocycles. The number of carbonyl (C=O) groups excluding carboxylic acids is 3. The minimum atomic E-state index is -0.524. The Hall–Kier alpha value is -3.35. The first kappa shape index (κ1) is 21.0. The standard InChI is InChI=1S/C21H24N2O5/c1-15-5-3-6-18(13-15)28-12-4-7-19(24)23-17-10-8-16(9-11-17)21(26)22-14-20(25)27-2/h3,5-6,8-11,13H,4,7,12,14H2,1-2H3,(H,22,26)(H,23,24). The molecule has 2 aromatic carbocycles. The van der Waals surface area contributed by atoms with E-state index in [2.05, 4.69) is 15.4 Å². The molecule has 0 fully saturated rings. The molecular formula is C21H24N2O5. The molecule has 0 aliphatic rings. The molecule has 0 bridgehead atoms. The molecule has 0 radical (unpaired) electrons. The van der Waals surface area contributed by atoms with Crippen LogP contribution in [0.4, 0.5) is 5.69 Å². The number of ether oxygens (including phenoxy) is 2. The summed E-state index contributed by atoms with van der Waals surface area (Å²) in [5.41, 5.74) is 2.10. The van der Waals surface area contributed by atoms with Gasteiger partial charge in [-0.1, -0.05) is 12.1 Å². The van der Waals surface area contributed by atoms with E-state index in [4.69, 9.17) is 4.74 Å². The molecular weight excluding hydrogens is 360 g/mol. The SMILES string of the molecule is COC(=O)CNC(=O)c1ccc(NC(=O)CCCOc2cccc(C)c2)cc1. The largest absolute Gasteiger partial charge is 0.494 e. The van der Waals surface area contributed by atoms with E-state index in [-0.39, 0.29) is 12.5 Å². The van der Waals surface area contributed by atoms with Crippen LogP contribution in [-0.2, 0) is 14.3 Å². The highest BCUT2D eigenvalue weighted by molar-refractivity contribution is 5.97. The molecule has 148 valence electrons. The van der Waals surface area contributed by atoms with Crippen molar-refractivity contribution in [3.05, 3.63) is 59.7 Å². The van der Waals surface area contributed by atoms with Crippen LogP contribution in [0.1, 0.15) is 28.8 Å². The Labute approximate surface area is 164 Å². The normalized spacial score (nSPS) is 10.1. The third-order valence-electron chi connectivity index (χ3n) is 3.86. The van der Waals surface area contributed by atoms with E-state index in [0.717, 1.165) is 11.3 Å². The number of benzene rings is 2. The molecule has 0 aliphatic heterocycles. The van der Waals surface area contributed by atoms with Gasteiger partial charge < -0.3 is 20.1 Å². The summed E-state index contributed by atoms with van der Waals surface area (Å²) in [6.07, 6.45) is 0.918. The fourth-order valence-electron chi connectivity index (χ4n) is 2.38. The highest BCUT2D eigenvalue weighted by Crippen LogP contribution is 2.13. The number of aryl methyl sites for hydroxylation is 1. The summed E-state index contributed by atoms with van der Waals surface area (Å²) in [5.74, 6) is -0.252. The Kier molecular flexibility index (Phi) is 8.02. The molecule has 0 aromatic heterocycles. The van der Waals surface area contributed by atoms with Crippen LogP contribution in [-0.4, -0.2) is 38.0 Å². The predicted molar refractivity (Wildman–Crippen MR) is 105 cm³/mol. The van der Waals surface area contributed by atoms with Crippen LogP contribution in [0, 0.1) is 6.92 Å².